The summed E-state index contributed by atoms with van der Waals surface area (Å²) in [5.41, 5.74) is 5.96. The van der Waals surface area contributed by atoms with Crippen molar-refractivity contribution in [1.29, 1.82) is 0 Å². The fourth-order valence-electron chi connectivity index (χ4n) is 0.961. The number of rotatable bonds is 1. The Balaban J connectivity index is 2.46. The number of hydrogen-bond donors (Lipinski definition) is 3. The lowest BCUT2D eigenvalue weighted by Crippen LogP contribution is -1.85. The molecule has 0 saturated heterocycles. The van der Waals surface area contributed by atoms with Crippen molar-refractivity contribution in [1.82, 2.24) is 20.2 Å². The van der Waals surface area contributed by atoms with E-state index in [2.05, 4.69) is 20.2 Å². The minimum absolute atomic E-state index is 0.0764. The molecule has 0 fully saturated rings. The van der Waals surface area contributed by atoms with Crippen LogP contribution in [0.25, 0.3) is 11.4 Å². The number of aromatic amines is 1. The molecule has 2 aromatic rings. The second-order valence-corrected chi connectivity index (χ2v) is 2.47. The van der Waals surface area contributed by atoms with Gasteiger partial charge in [-0.3, -0.25) is 10.1 Å². The number of nitrogens with zero attached hydrogens (tertiary/aromatic N) is 3. The molecule has 0 aliphatic rings. The summed E-state index contributed by atoms with van der Waals surface area (Å²) in [7, 11) is 0. The molecule has 0 aliphatic carbocycles. The molecule has 6 heteroatoms. The minimum atomic E-state index is 0.0764. The van der Waals surface area contributed by atoms with Crippen LogP contribution in [0.5, 0.6) is 5.75 Å². The zero-order valence-electron chi connectivity index (χ0n) is 6.60. The number of hydrogen-bond acceptors (Lipinski definition) is 5. The van der Waals surface area contributed by atoms with E-state index < -0.39 is 0 Å². The van der Waals surface area contributed by atoms with Crippen LogP contribution in [0.3, 0.4) is 0 Å². The zero-order valence-corrected chi connectivity index (χ0v) is 6.60. The largest absolute Gasteiger partial charge is 0.506 e. The van der Waals surface area contributed by atoms with Gasteiger partial charge in [0.05, 0.1) is 6.20 Å². The summed E-state index contributed by atoms with van der Waals surface area (Å²) in [6.07, 6.45) is 2.89. The van der Waals surface area contributed by atoms with Gasteiger partial charge in [-0.25, -0.2) is 0 Å². The van der Waals surface area contributed by atoms with E-state index in [0.717, 1.165) is 0 Å². The van der Waals surface area contributed by atoms with Crippen molar-refractivity contribution in [3.63, 3.8) is 0 Å². The van der Waals surface area contributed by atoms with Gasteiger partial charge in [0.1, 0.15) is 5.75 Å². The second kappa shape index (κ2) is 2.74. The van der Waals surface area contributed by atoms with Gasteiger partial charge >= 0.3 is 0 Å². The molecule has 6 nitrogen and oxygen atoms in total. The number of anilines is 1. The summed E-state index contributed by atoms with van der Waals surface area (Å²) in [4.78, 5) is 7.67. The lowest BCUT2D eigenvalue weighted by atomic mass is 10.3. The van der Waals surface area contributed by atoms with Crippen LogP contribution in [0.1, 0.15) is 0 Å². The molecule has 0 aromatic carbocycles. The lowest BCUT2D eigenvalue weighted by molar-refractivity contribution is 0.473. The van der Waals surface area contributed by atoms with Crippen molar-refractivity contribution in [3.8, 4) is 17.1 Å². The molecule has 2 rings (SSSR count). The number of nitrogens with two attached hydrogens (primary N) is 1. The van der Waals surface area contributed by atoms with Gasteiger partial charge in [0.25, 0.3) is 0 Å². The molecule has 0 saturated carbocycles. The Bertz CT molecular complexity index is 424. The first-order valence-corrected chi connectivity index (χ1v) is 3.58. The van der Waals surface area contributed by atoms with Crippen LogP contribution in [-0.2, 0) is 0 Å². The van der Waals surface area contributed by atoms with E-state index in [-0.39, 0.29) is 11.7 Å². The number of nitrogen functional groups attached to an aromatic ring is 1. The quantitative estimate of drug-likeness (QED) is 0.575. The van der Waals surface area contributed by atoms with E-state index in [1.165, 1.54) is 12.3 Å². The molecule has 0 atom stereocenters. The van der Waals surface area contributed by atoms with Crippen LogP contribution in [0, 0.1) is 0 Å². The third-order valence-electron chi connectivity index (χ3n) is 1.50. The fraction of sp³-hybridized carbons (Fsp3) is 0. The number of H-pyrrole nitrogens is 1. The van der Waals surface area contributed by atoms with E-state index in [1.807, 2.05) is 0 Å². The molecule has 0 radical (unpaired) electrons. The van der Waals surface area contributed by atoms with Gasteiger partial charge in [0.2, 0.25) is 5.95 Å². The first-order chi connectivity index (χ1) is 6.25. The van der Waals surface area contributed by atoms with Gasteiger partial charge < -0.3 is 10.8 Å². The highest BCUT2D eigenvalue weighted by molar-refractivity contribution is 5.56. The fourth-order valence-corrected chi connectivity index (χ4v) is 0.961. The summed E-state index contributed by atoms with van der Waals surface area (Å²) in [6, 6.07) is 1.52. The molecule has 0 amide bonds. The molecule has 66 valence electrons. The summed E-state index contributed by atoms with van der Waals surface area (Å²) in [6.45, 7) is 0. The third kappa shape index (κ3) is 1.41. The van der Waals surface area contributed by atoms with E-state index in [0.29, 0.717) is 11.4 Å². The molecule has 2 heterocycles. The summed E-state index contributed by atoms with van der Waals surface area (Å²) in [5, 5.41) is 15.4. The topological polar surface area (TPSA) is 101 Å². The van der Waals surface area contributed by atoms with Crippen LogP contribution < -0.4 is 5.73 Å². The highest BCUT2D eigenvalue weighted by Gasteiger charge is 2.03. The Kier molecular flexibility index (Phi) is 1.59. The van der Waals surface area contributed by atoms with Crippen LogP contribution in [0.4, 0.5) is 5.95 Å². The number of pyridine rings is 1. The number of aromatic nitrogens is 4. The van der Waals surface area contributed by atoms with Gasteiger partial charge in [0.15, 0.2) is 5.82 Å². The van der Waals surface area contributed by atoms with Gasteiger partial charge in [-0.2, -0.15) is 4.98 Å². The standard InChI is InChI=1S/C7H7N5O/c8-7-10-6(11-12-7)4-1-5(13)3-9-2-4/h1-3,13H,(H3,8,10,11,12). The Labute approximate surface area is 73.5 Å². The van der Waals surface area contributed by atoms with Gasteiger partial charge in [0, 0.05) is 11.8 Å². The SMILES string of the molecule is Nc1n[nH]c(-c2cncc(O)c2)n1. The number of aromatic hydroxyl groups is 1. The van der Waals surface area contributed by atoms with Crippen LogP contribution >= 0.6 is 0 Å². The highest BCUT2D eigenvalue weighted by Crippen LogP contribution is 2.17. The Hall–Kier alpha value is -2.11. The maximum Gasteiger partial charge on any atom is 0.239 e. The molecule has 0 aliphatic heterocycles. The smallest absolute Gasteiger partial charge is 0.239 e. The van der Waals surface area contributed by atoms with E-state index in [9.17, 15) is 0 Å². The van der Waals surface area contributed by atoms with Gasteiger partial charge in [-0.15, -0.1) is 5.10 Å². The Morgan fingerprint density at radius 1 is 1.38 bits per heavy atom. The molecule has 0 bridgehead atoms. The Morgan fingerprint density at radius 2 is 2.23 bits per heavy atom. The molecular formula is C7H7N5O. The maximum absolute atomic E-state index is 9.13. The molecule has 0 spiro atoms. The van der Waals surface area contributed by atoms with Crippen molar-refractivity contribution in [2.45, 2.75) is 0 Å². The monoisotopic (exact) mass is 177 g/mol. The molecular weight excluding hydrogens is 170 g/mol. The Morgan fingerprint density at radius 3 is 2.85 bits per heavy atom. The van der Waals surface area contributed by atoms with Gasteiger partial charge in [-0.05, 0) is 6.07 Å². The predicted molar refractivity (Wildman–Crippen MR) is 45.7 cm³/mol. The van der Waals surface area contributed by atoms with Crippen molar-refractivity contribution < 1.29 is 5.11 Å². The first-order valence-electron chi connectivity index (χ1n) is 3.58. The van der Waals surface area contributed by atoms with Crippen LogP contribution in [0.15, 0.2) is 18.5 Å². The van der Waals surface area contributed by atoms with E-state index in [1.54, 1.807) is 6.20 Å². The molecule has 2 aromatic heterocycles. The lowest BCUT2D eigenvalue weighted by Gasteiger charge is -1.94. The molecule has 4 N–H and O–H groups in total. The minimum Gasteiger partial charge on any atom is -0.506 e. The second-order valence-electron chi connectivity index (χ2n) is 2.47. The summed E-state index contributed by atoms with van der Waals surface area (Å²) in [5.74, 6) is 0.728. The van der Waals surface area contributed by atoms with Crippen LogP contribution in [0.2, 0.25) is 0 Å². The van der Waals surface area contributed by atoms with E-state index >= 15 is 0 Å². The maximum atomic E-state index is 9.13. The number of nitrogens with one attached hydrogen (secondary N) is 1. The zero-order chi connectivity index (χ0) is 9.26. The summed E-state index contributed by atoms with van der Waals surface area (Å²) < 4.78 is 0. The van der Waals surface area contributed by atoms with Crippen molar-refractivity contribution >= 4 is 5.95 Å². The normalized spacial score (nSPS) is 10.2. The average molecular weight is 177 g/mol. The van der Waals surface area contributed by atoms with Crippen molar-refractivity contribution in [3.05, 3.63) is 18.5 Å². The van der Waals surface area contributed by atoms with Crippen LogP contribution in [-0.4, -0.2) is 25.3 Å². The summed E-state index contributed by atoms with van der Waals surface area (Å²) >= 11 is 0. The van der Waals surface area contributed by atoms with Crippen molar-refractivity contribution in [2.24, 2.45) is 0 Å². The first kappa shape index (κ1) is 7.53. The average Bonchev–Trinajstić information content (AvgIpc) is 2.52. The third-order valence-corrected chi connectivity index (χ3v) is 1.50. The highest BCUT2D eigenvalue weighted by atomic mass is 16.3. The van der Waals surface area contributed by atoms with E-state index in [4.69, 9.17) is 10.8 Å². The van der Waals surface area contributed by atoms with Crippen molar-refractivity contribution in [2.75, 3.05) is 5.73 Å². The predicted octanol–water partition coefficient (Wildman–Crippen LogP) is 0.154. The molecule has 0 unspecified atom stereocenters. The van der Waals surface area contributed by atoms with Gasteiger partial charge in [-0.1, -0.05) is 0 Å². The molecule has 13 heavy (non-hydrogen) atoms.